The Labute approximate surface area is 108 Å². The Kier molecular flexibility index (Phi) is 3.07. The van der Waals surface area contributed by atoms with Gasteiger partial charge in [-0.2, -0.15) is 4.98 Å². The molecule has 3 rings (SSSR count). The molecule has 0 aliphatic carbocycles. The molecule has 6 nitrogen and oxygen atoms in total. The standard InChI is InChI=1S/C11H12ClN3O3/c12-9-2-1-8-10(13-9)14-11(18-8)15-3-4-17-7(5-15)6-16/h1-2,7,16H,3-6H2/t7-/m1/s1. The van der Waals surface area contributed by atoms with Gasteiger partial charge in [-0.1, -0.05) is 11.6 Å². The van der Waals surface area contributed by atoms with E-state index in [2.05, 4.69) is 9.97 Å². The molecular formula is C11H12ClN3O3. The number of halogens is 1. The van der Waals surface area contributed by atoms with Gasteiger partial charge in [0, 0.05) is 6.54 Å². The second kappa shape index (κ2) is 4.72. The lowest BCUT2D eigenvalue weighted by Gasteiger charge is -2.30. The predicted octanol–water partition coefficient (Wildman–Crippen LogP) is 1.07. The number of nitrogens with zero attached hydrogens (tertiary/aromatic N) is 3. The normalized spacial score (nSPS) is 20.6. The first-order valence-electron chi connectivity index (χ1n) is 5.67. The number of ether oxygens (including phenoxy) is 1. The number of anilines is 1. The van der Waals surface area contributed by atoms with Crippen molar-refractivity contribution >= 4 is 28.8 Å². The minimum atomic E-state index is -0.203. The van der Waals surface area contributed by atoms with Gasteiger partial charge >= 0.3 is 0 Å². The maximum Gasteiger partial charge on any atom is 0.300 e. The molecule has 1 N–H and O–H groups in total. The molecule has 2 aromatic heterocycles. The van der Waals surface area contributed by atoms with Gasteiger partial charge in [-0.15, -0.1) is 0 Å². The summed E-state index contributed by atoms with van der Waals surface area (Å²) in [6.07, 6.45) is -0.203. The van der Waals surface area contributed by atoms with E-state index >= 15 is 0 Å². The number of morpholine rings is 1. The van der Waals surface area contributed by atoms with Crippen LogP contribution in [-0.2, 0) is 4.74 Å². The average molecular weight is 270 g/mol. The van der Waals surface area contributed by atoms with Crippen molar-refractivity contribution in [1.29, 1.82) is 0 Å². The largest absolute Gasteiger partial charge is 0.422 e. The maximum absolute atomic E-state index is 9.10. The zero-order valence-electron chi connectivity index (χ0n) is 9.54. The number of pyridine rings is 1. The molecule has 7 heteroatoms. The molecule has 0 bridgehead atoms. The molecular weight excluding hydrogens is 258 g/mol. The van der Waals surface area contributed by atoms with Crippen LogP contribution in [0, 0.1) is 0 Å². The Morgan fingerprint density at radius 2 is 2.33 bits per heavy atom. The number of oxazole rings is 1. The van der Waals surface area contributed by atoms with Crippen LogP contribution in [0.3, 0.4) is 0 Å². The molecule has 96 valence electrons. The van der Waals surface area contributed by atoms with Crippen molar-refractivity contribution in [3.8, 4) is 0 Å². The van der Waals surface area contributed by atoms with E-state index in [9.17, 15) is 0 Å². The summed E-state index contributed by atoms with van der Waals surface area (Å²) < 4.78 is 11.0. The highest BCUT2D eigenvalue weighted by Gasteiger charge is 2.23. The zero-order chi connectivity index (χ0) is 12.5. The number of hydrogen-bond acceptors (Lipinski definition) is 6. The summed E-state index contributed by atoms with van der Waals surface area (Å²) in [4.78, 5) is 10.3. The quantitative estimate of drug-likeness (QED) is 0.823. The Morgan fingerprint density at radius 1 is 1.44 bits per heavy atom. The molecule has 2 aromatic rings. The molecule has 0 aromatic carbocycles. The van der Waals surface area contributed by atoms with Crippen LogP contribution in [0.2, 0.25) is 5.15 Å². The first-order valence-corrected chi connectivity index (χ1v) is 6.04. The van der Waals surface area contributed by atoms with E-state index in [0.717, 1.165) is 0 Å². The lowest BCUT2D eigenvalue weighted by Crippen LogP contribution is -2.44. The summed E-state index contributed by atoms with van der Waals surface area (Å²) in [7, 11) is 0. The zero-order valence-corrected chi connectivity index (χ0v) is 10.3. The molecule has 0 spiro atoms. The Bertz CT molecular complexity index is 559. The van der Waals surface area contributed by atoms with Crippen LogP contribution in [0.15, 0.2) is 16.5 Å². The van der Waals surface area contributed by atoms with Gasteiger partial charge in [0.25, 0.3) is 6.01 Å². The van der Waals surface area contributed by atoms with Crippen LogP contribution in [0.25, 0.3) is 11.2 Å². The highest BCUT2D eigenvalue weighted by molar-refractivity contribution is 6.29. The SMILES string of the molecule is OC[C@H]1CN(c2nc3nc(Cl)ccc3o2)CCO1. The lowest BCUT2D eigenvalue weighted by molar-refractivity contribution is 0.00236. The summed E-state index contributed by atoms with van der Waals surface area (Å²) in [5.41, 5.74) is 1.09. The van der Waals surface area contributed by atoms with E-state index in [1.165, 1.54) is 0 Å². The first-order chi connectivity index (χ1) is 8.76. The minimum Gasteiger partial charge on any atom is -0.422 e. The topological polar surface area (TPSA) is 71.6 Å². The van der Waals surface area contributed by atoms with Crippen molar-refractivity contribution in [3.63, 3.8) is 0 Å². The van der Waals surface area contributed by atoms with Gasteiger partial charge in [0.05, 0.1) is 25.9 Å². The van der Waals surface area contributed by atoms with Crippen molar-refractivity contribution in [2.75, 3.05) is 31.2 Å². The van der Waals surface area contributed by atoms with Gasteiger partial charge in [0.1, 0.15) is 5.15 Å². The van der Waals surface area contributed by atoms with Crippen LogP contribution in [0.5, 0.6) is 0 Å². The molecule has 1 aliphatic heterocycles. The summed E-state index contributed by atoms with van der Waals surface area (Å²) in [6, 6.07) is 3.89. The first kappa shape index (κ1) is 11.7. The summed E-state index contributed by atoms with van der Waals surface area (Å²) in [6.45, 7) is 1.76. The van der Waals surface area contributed by atoms with E-state index < -0.39 is 0 Å². The van der Waals surface area contributed by atoms with Crippen LogP contribution < -0.4 is 4.90 Å². The average Bonchev–Trinajstić information content (AvgIpc) is 2.81. The summed E-state index contributed by atoms with van der Waals surface area (Å²) >= 11 is 5.80. The van der Waals surface area contributed by atoms with E-state index in [0.29, 0.717) is 42.1 Å². The molecule has 0 amide bonds. The molecule has 1 fully saturated rings. The monoisotopic (exact) mass is 269 g/mol. The Balaban J connectivity index is 1.89. The van der Waals surface area contributed by atoms with E-state index in [1.807, 2.05) is 4.90 Å². The molecule has 0 saturated carbocycles. The highest BCUT2D eigenvalue weighted by atomic mass is 35.5. The Morgan fingerprint density at radius 3 is 3.17 bits per heavy atom. The van der Waals surface area contributed by atoms with Crippen molar-refractivity contribution in [3.05, 3.63) is 17.3 Å². The molecule has 0 unspecified atom stereocenters. The van der Waals surface area contributed by atoms with Crippen LogP contribution in [0.1, 0.15) is 0 Å². The fourth-order valence-electron chi connectivity index (χ4n) is 1.92. The van der Waals surface area contributed by atoms with Crippen LogP contribution in [-0.4, -0.2) is 47.5 Å². The van der Waals surface area contributed by atoms with Gasteiger partial charge < -0.3 is 19.2 Å². The molecule has 0 radical (unpaired) electrons. The summed E-state index contributed by atoms with van der Waals surface area (Å²) in [5, 5.41) is 9.49. The molecule has 3 heterocycles. The van der Waals surface area contributed by atoms with E-state index in [1.54, 1.807) is 12.1 Å². The van der Waals surface area contributed by atoms with E-state index in [4.69, 9.17) is 25.9 Å². The van der Waals surface area contributed by atoms with Crippen molar-refractivity contribution in [2.45, 2.75) is 6.10 Å². The number of aliphatic hydroxyl groups is 1. The van der Waals surface area contributed by atoms with E-state index in [-0.39, 0.29) is 12.7 Å². The maximum atomic E-state index is 9.10. The van der Waals surface area contributed by atoms with Crippen molar-refractivity contribution in [2.24, 2.45) is 0 Å². The van der Waals surface area contributed by atoms with Gasteiger partial charge in [-0.25, -0.2) is 4.98 Å². The second-order valence-electron chi connectivity index (χ2n) is 4.07. The number of fused-ring (bicyclic) bond motifs is 1. The van der Waals surface area contributed by atoms with Crippen LogP contribution >= 0.6 is 11.6 Å². The predicted molar refractivity (Wildman–Crippen MR) is 65.9 cm³/mol. The third-order valence-corrected chi connectivity index (χ3v) is 3.03. The van der Waals surface area contributed by atoms with Gasteiger partial charge in [-0.3, -0.25) is 0 Å². The fourth-order valence-corrected chi connectivity index (χ4v) is 2.07. The molecule has 1 saturated heterocycles. The molecule has 1 aliphatic rings. The minimum absolute atomic E-state index is 0.0131. The highest BCUT2D eigenvalue weighted by Crippen LogP contribution is 2.23. The number of aliphatic hydroxyl groups excluding tert-OH is 1. The Hall–Kier alpha value is -1.37. The lowest BCUT2D eigenvalue weighted by atomic mass is 10.3. The van der Waals surface area contributed by atoms with Gasteiger partial charge in [0.15, 0.2) is 5.58 Å². The smallest absolute Gasteiger partial charge is 0.300 e. The van der Waals surface area contributed by atoms with Crippen molar-refractivity contribution in [1.82, 2.24) is 9.97 Å². The number of rotatable bonds is 2. The fraction of sp³-hybridized carbons (Fsp3) is 0.455. The number of hydrogen-bond donors (Lipinski definition) is 1. The van der Waals surface area contributed by atoms with Gasteiger partial charge in [0.2, 0.25) is 5.65 Å². The van der Waals surface area contributed by atoms with Crippen LogP contribution in [0.4, 0.5) is 6.01 Å². The second-order valence-corrected chi connectivity index (χ2v) is 4.46. The number of aromatic nitrogens is 2. The molecule has 18 heavy (non-hydrogen) atoms. The van der Waals surface area contributed by atoms with Gasteiger partial charge in [-0.05, 0) is 12.1 Å². The molecule has 1 atom stereocenters. The van der Waals surface area contributed by atoms with Crippen molar-refractivity contribution < 1.29 is 14.3 Å². The summed E-state index contributed by atoms with van der Waals surface area (Å²) in [5.74, 6) is 0. The third kappa shape index (κ3) is 2.14. The third-order valence-electron chi connectivity index (χ3n) is 2.82.